The van der Waals surface area contributed by atoms with Crippen LogP contribution in [0.4, 0.5) is 0 Å². The highest BCUT2D eigenvalue weighted by atomic mass is 127. The first kappa shape index (κ1) is 21.9. The second kappa shape index (κ2) is 12.2. The Labute approximate surface area is 172 Å². The number of hydrogen-bond donors (Lipinski definition) is 2. The number of aryl methyl sites for hydroxylation is 3. The second-order valence-electron chi connectivity index (χ2n) is 5.95. The van der Waals surface area contributed by atoms with Crippen LogP contribution in [-0.2, 0) is 13.0 Å². The molecule has 0 fully saturated rings. The summed E-state index contributed by atoms with van der Waals surface area (Å²) >= 11 is 1.76. The van der Waals surface area contributed by atoms with Crippen molar-refractivity contribution in [3.63, 3.8) is 0 Å². The monoisotopic (exact) mass is 472 g/mol. The van der Waals surface area contributed by atoms with Crippen LogP contribution < -0.4 is 10.6 Å². The minimum atomic E-state index is 0. The standard InChI is InChI=1S/C19H28N4S.HI/c1-4-20-19(22-13-17-10-8-15(2)9-11-17)21-12-6-5-7-18-23-16(3)14-24-18;/h8-11,14H,4-7,12-13H2,1-3H3,(H2,20,21,22);1H. The summed E-state index contributed by atoms with van der Waals surface area (Å²) in [4.78, 5) is 9.16. The molecule has 0 amide bonds. The van der Waals surface area contributed by atoms with Crippen molar-refractivity contribution in [3.8, 4) is 0 Å². The molecule has 1 heterocycles. The molecule has 0 bridgehead atoms. The molecular formula is C19H29IN4S. The maximum Gasteiger partial charge on any atom is 0.191 e. The van der Waals surface area contributed by atoms with E-state index < -0.39 is 0 Å². The SMILES string of the molecule is CCNC(=NCc1ccc(C)cc1)NCCCCc1nc(C)cs1.I. The van der Waals surface area contributed by atoms with Crippen LogP contribution in [0.25, 0.3) is 0 Å². The lowest BCUT2D eigenvalue weighted by Gasteiger charge is -2.11. The Bertz CT molecular complexity index is 637. The number of unbranched alkanes of at least 4 members (excludes halogenated alkanes) is 1. The molecule has 4 nitrogen and oxygen atoms in total. The predicted molar refractivity (Wildman–Crippen MR) is 119 cm³/mol. The summed E-state index contributed by atoms with van der Waals surface area (Å²) in [5, 5.41) is 10.1. The van der Waals surface area contributed by atoms with Gasteiger partial charge in [0.15, 0.2) is 5.96 Å². The molecule has 0 saturated heterocycles. The highest BCUT2D eigenvalue weighted by Crippen LogP contribution is 2.11. The van der Waals surface area contributed by atoms with E-state index in [9.17, 15) is 0 Å². The zero-order chi connectivity index (χ0) is 17.2. The van der Waals surface area contributed by atoms with E-state index in [1.165, 1.54) is 16.1 Å². The fraction of sp³-hybridized carbons (Fsp3) is 0.474. The number of nitrogens with one attached hydrogen (secondary N) is 2. The first-order valence-corrected chi connectivity index (χ1v) is 9.54. The molecule has 1 aromatic heterocycles. The van der Waals surface area contributed by atoms with Crippen molar-refractivity contribution in [3.05, 3.63) is 51.5 Å². The summed E-state index contributed by atoms with van der Waals surface area (Å²) in [7, 11) is 0. The number of benzene rings is 1. The molecule has 25 heavy (non-hydrogen) atoms. The summed E-state index contributed by atoms with van der Waals surface area (Å²) in [6.07, 6.45) is 3.34. The van der Waals surface area contributed by atoms with Gasteiger partial charge in [-0.15, -0.1) is 35.3 Å². The van der Waals surface area contributed by atoms with Crippen LogP contribution >= 0.6 is 35.3 Å². The average Bonchev–Trinajstić information content (AvgIpc) is 2.99. The van der Waals surface area contributed by atoms with Crippen molar-refractivity contribution in [1.82, 2.24) is 15.6 Å². The largest absolute Gasteiger partial charge is 0.357 e. The van der Waals surface area contributed by atoms with Gasteiger partial charge in [0.25, 0.3) is 0 Å². The van der Waals surface area contributed by atoms with E-state index in [4.69, 9.17) is 0 Å². The van der Waals surface area contributed by atoms with Gasteiger partial charge >= 0.3 is 0 Å². The molecule has 6 heteroatoms. The van der Waals surface area contributed by atoms with E-state index in [-0.39, 0.29) is 24.0 Å². The minimum absolute atomic E-state index is 0. The number of halogens is 1. The summed E-state index contributed by atoms with van der Waals surface area (Å²) < 4.78 is 0. The Hall–Kier alpha value is -1.15. The Morgan fingerprint density at radius 1 is 1.12 bits per heavy atom. The van der Waals surface area contributed by atoms with Crippen LogP contribution in [0.15, 0.2) is 34.6 Å². The maximum atomic E-state index is 4.66. The molecule has 0 saturated carbocycles. The van der Waals surface area contributed by atoms with E-state index in [1.807, 2.05) is 0 Å². The Morgan fingerprint density at radius 3 is 2.52 bits per heavy atom. The van der Waals surface area contributed by atoms with E-state index in [0.29, 0.717) is 6.54 Å². The van der Waals surface area contributed by atoms with Gasteiger partial charge in [0.2, 0.25) is 0 Å². The number of nitrogens with zero attached hydrogens (tertiary/aromatic N) is 2. The van der Waals surface area contributed by atoms with Gasteiger partial charge in [0.05, 0.1) is 11.6 Å². The van der Waals surface area contributed by atoms with Crippen LogP contribution in [0, 0.1) is 13.8 Å². The first-order chi connectivity index (χ1) is 11.7. The van der Waals surface area contributed by atoms with E-state index in [2.05, 4.69) is 71.0 Å². The molecule has 0 unspecified atom stereocenters. The van der Waals surface area contributed by atoms with Crippen LogP contribution in [0.1, 0.15) is 41.6 Å². The van der Waals surface area contributed by atoms with Crippen molar-refractivity contribution in [1.29, 1.82) is 0 Å². The molecule has 2 aromatic rings. The fourth-order valence-electron chi connectivity index (χ4n) is 2.33. The van der Waals surface area contributed by atoms with Gasteiger partial charge in [-0.3, -0.25) is 0 Å². The number of thiazole rings is 1. The normalized spacial score (nSPS) is 11.1. The molecule has 2 rings (SSSR count). The second-order valence-corrected chi connectivity index (χ2v) is 6.89. The van der Waals surface area contributed by atoms with Gasteiger partial charge in [-0.05, 0) is 45.6 Å². The van der Waals surface area contributed by atoms with Crippen LogP contribution in [0.2, 0.25) is 0 Å². The van der Waals surface area contributed by atoms with E-state index in [0.717, 1.165) is 44.0 Å². The van der Waals surface area contributed by atoms with Gasteiger partial charge in [-0.1, -0.05) is 29.8 Å². The third kappa shape index (κ3) is 8.67. The number of aromatic nitrogens is 1. The third-order valence-corrected chi connectivity index (χ3v) is 4.69. The number of guanidine groups is 1. The lowest BCUT2D eigenvalue weighted by atomic mass is 10.1. The summed E-state index contributed by atoms with van der Waals surface area (Å²) in [6, 6.07) is 8.54. The molecule has 1 aromatic carbocycles. The van der Waals surface area contributed by atoms with Crippen molar-refractivity contribution in [2.75, 3.05) is 13.1 Å². The molecule has 0 aliphatic carbocycles. The first-order valence-electron chi connectivity index (χ1n) is 8.66. The highest BCUT2D eigenvalue weighted by Gasteiger charge is 2.00. The van der Waals surface area contributed by atoms with Gasteiger partial charge in [0.1, 0.15) is 0 Å². The third-order valence-electron chi connectivity index (χ3n) is 3.66. The smallest absolute Gasteiger partial charge is 0.191 e. The number of rotatable bonds is 8. The van der Waals surface area contributed by atoms with Gasteiger partial charge in [0, 0.05) is 24.2 Å². The molecule has 138 valence electrons. The van der Waals surface area contributed by atoms with Gasteiger partial charge < -0.3 is 10.6 Å². The Balaban J connectivity index is 0.00000312. The predicted octanol–water partition coefficient (Wildman–Crippen LogP) is 4.46. The molecule has 0 atom stereocenters. The molecule has 0 aliphatic rings. The topological polar surface area (TPSA) is 49.3 Å². The molecule has 0 spiro atoms. The van der Waals surface area contributed by atoms with E-state index in [1.54, 1.807) is 11.3 Å². The van der Waals surface area contributed by atoms with Gasteiger partial charge in [-0.25, -0.2) is 9.98 Å². The van der Waals surface area contributed by atoms with E-state index >= 15 is 0 Å². The van der Waals surface area contributed by atoms with Crippen LogP contribution in [-0.4, -0.2) is 24.0 Å². The maximum absolute atomic E-state index is 4.66. The molecule has 2 N–H and O–H groups in total. The number of aliphatic imine (C=N–C) groups is 1. The Morgan fingerprint density at radius 2 is 1.88 bits per heavy atom. The van der Waals surface area contributed by atoms with Gasteiger partial charge in [-0.2, -0.15) is 0 Å². The molecule has 0 aliphatic heterocycles. The summed E-state index contributed by atoms with van der Waals surface area (Å²) in [6.45, 7) is 8.75. The minimum Gasteiger partial charge on any atom is -0.357 e. The van der Waals surface area contributed by atoms with Crippen LogP contribution in [0.5, 0.6) is 0 Å². The molecule has 0 radical (unpaired) electrons. The lowest BCUT2D eigenvalue weighted by Crippen LogP contribution is -2.37. The average molecular weight is 472 g/mol. The zero-order valence-corrected chi connectivity index (χ0v) is 18.5. The zero-order valence-electron chi connectivity index (χ0n) is 15.3. The summed E-state index contributed by atoms with van der Waals surface area (Å²) in [5.74, 6) is 0.892. The number of hydrogen-bond acceptors (Lipinski definition) is 3. The Kier molecular flexibility index (Phi) is 10.7. The summed E-state index contributed by atoms with van der Waals surface area (Å²) in [5.41, 5.74) is 3.64. The van der Waals surface area contributed by atoms with Crippen molar-refractivity contribution >= 4 is 41.3 Å². The van der Waals surface area contributed by atoms with Crippen molar-refractivity contribution in [2.24, 2.45) is 4.99 Å². The van der Waals surface area contributed by atoms with Crippen molar-refractivity contribution < 1.29 is 0 Å². The lowest BCUT2D eigenvalue weighted by molar-refractivity contribution is 0.692. The fourth-order valence-corrected chi connectivity index (χ4v) is 3.15. The van der Waals surface area contributed by atoms with Crippen LogP contribution in [0.3, 0.4) is 0 Å². The van der Waals surface area contributed by atoms with Crippen molar-refractivity contribution in [2.45, 2.75) is 46.6 Å². The quantitative estimate of drug-likeness (QED) is 0.258. The molecular weight excluding hydrogens is 443 g/mol. The highest BCUT2D eigenvalue weighted by molar-refractivity contribution is 14.0.